The number of halogens is 2. The second-order valence-electron chi connectivity index (χ2n) is 8.28. The zero-order chi connectivity index (χ0) is 26.1. The molecule has 3 rings (SSSR count). The number of nitrogens with zero attached hydrogens (tertiary/aromatic N) is 4. The number of alkyl halides is 2. The van der Waals surface area contributed by atoms with E-state index >= 15 is 0 Å². The number of anilines is 2. The predicted molar refractivity (Wildman–Crippen MR) is 132 cm³/mol. The molecule has 0 saturated carbocycles. The maximum Gasteiger partial charge on any atom is 0.388 e. The number of likely N-dealkylation sites (tertiary alicyclic amines) is 1. The molecule has 35 heavy (non-hydrogen) atoms. The monoisotopic (exact) mass is 491 g/mol. The summed E-state index contributed by atoms with van der Waals surface area (Å²) in [6.45, 7) is 9.10. The SMILES string of the molecule is CC.CC(=O)N1CCC(N(C(=O)Nc2ccc(C)nc2OC(F)F)c2cccnc2C(C)C)CC1. The first-order chi connectivity index (χ1) is 16.7. The molecule has 1 saturated heterocycles. The van der Waals surface area contributed by atoms with Crippen molar-refractivity contribution in [3.8, 4) is 5.88 Å². The van der Waals surface area contributed by atoms with Gasteiger partial charge in [-0.3, -0.25) is 14.7 Å². The quantitative estimate of drug-likeness (QED) is 0.570. The van der Waals surface area contributed by atoms with Crippen LogP contribution in [0.3, 0.4) is 0 Å². The summed E-state index contributed by atoms with van der Waals surface area (Å²) in [5.74, 6) is -0.305. The van der Waals surface area contributed by atoms with Crippen LogP contribution in [0.5, 0.6) is 5.88 Å². The molecule has 0 atom stereocenters. The normalized spacial score (nSPS) is 13.8. The van der Waals surface area contributed by atoms with Crippen molar-refractivity contribution in [3.63, 3.8) is 0 Å². The summed E-state index contributed by atoms with van der Waals surface area (Å²) in [7, 11) is 0. The molecule has 1 aliphatic rings. The molecule has 8 nitrogen and oxygen atoms in total. The molecule has 192 valence electrons. The molecule has 2 aromatic heterocycles. The second kappa shape index (κ2) is 13.0. The number of carbonyl (C=O) groups is 2. The van der Waals surface area contributed by atoms with Crippen molar-refractivity contribution in [1.29, 1.82) is 0 Å². The van der Waals surface area contributed by atoms with E-state index in [1.807, 2.05) is 33.8 Å². The molecule has 0 unspecified atom stereocenters. The highest BCUT2D eigenvalue weighted by atomic mass is 19.3. The molecular weight excluding hydrogens is 456 g/mol. The van der Waals surface area contributed by atoms with Crippen molar-refractivity contribution in [2.75, 3.05) is 23.3 Å². The van der Waals surface area contributed by atoms with Gasteiger partial charge in [-0.1, -0.05) is 27.7 Å². The lowest BCUT2D eigenvalue weighted by Gasteiger charge is -2.39. The first-order valence-electron chi connectivity index (χ1n) is 11.9. The van der Waals surface area contributed by atoms with E-state index in [0.29, 0.717) is 37.3 Å². The third kappa shape index (κ3) is 7.34. The number of aromatic nitrogens is 2. The Morgan fingerprint density at radius 1 is 1.17 bits per heavy atom. The molecule has 0 radical (unpaired) electrons. The van der Waals surface area contributed by atoms with Crippen molar-refractivity contribution in [3.05, 3.63) is 41.9 Å². The van der Waals surface area contributed by atoms with E-state index in [1.165, 1.54) is 13.0 Å². The molecule has 1 N–H and O–H groups in total. The summed E-state index contributed by atoms with van der Waals surface area (Å²) in [5, 5.41) is 2.70. The topological polar surface area (TPSA) is 87.7 Å². The van der Waals surface area contributed by atoms with Crippen molar-refractivity contribution in [2.45, 2.75) is 73.0 Å². The van der Waals surface area contributed by atoms with E-state index in [2.05, 4.69) is 20.0 Å². The Kier molecular flexibility index (Phi) is 10.4. The molecule has 3 heterocycles. The minimum absolute atomic E-state index is 0.00628. The van der Waals surface area contributed by atoms with Gasteiger partial charge in [-0.25, -0.2) is 9.78 Å². The number of hydrogen-bond acceptors (Lipinski definition) is 5. The highest BCUT2D eigenvalue weighted by Crippen LogP contribution is 2.32. The predicted octanol–water partition coefficient (Wildman–Crippen LogP) is 5.59. The minimum Gasteiger partial charge on any atom is -0.415 e. The molecule has 0 bridgehead atoms. The van der Waals surface area contributed by atoms with Crippen LogP contribution in [0.25, 0.3) is 0 Å². The third-order valence-electron chi connectivity index (χ3n) is 5.56. The fourth-order valence-corrected chi connectivity index (χ4v) is 3.95. The van der Waals surface area contributed by atoms with Gasteiger partial charge in [-0.2, -0.15) is 8.78 Å². The number of urea groups is 1. The summed E-state index contributed by atoms with van der Waals surface area (Å²) in [6, 6.07) is 5.96. The number of ether oxygens (including phenoxy) is 1. The van der Waals surface area contributed by atoms with Crippen LogP contribution >= 0.6 is 0 Å². The van der Waals surface area contributed by atoms with Crippen molar-refractivity contribution in [2.24, 2.45) is 0 Å². The summed E-state index contributed by atoms with van der Waals surface area (Å²) in [6.07, 6.45) is 2.82. The summed E-state index contributed by atoms with van der Waals surface area (Å²) >= 11 is 0. The van der Waals surface area contributed by atoms with Crippen LogP contribution in [0, 0.1) is 6.92 Å². The van der Waals surface area contributed by atoms with Gasteiger partial charge in [-0.15, -0.1) is 0 Å². The van der Waals surface area contributed by atoms with Crippen molar-refractivity contribution < 1.29 is 23.1 Å². The molecule has 0 spiro atoms. The Morgan fingerprint density at radius 3 is 2.40 bits per heavy atom. The molecule has 0 aromatic carbocycles. The minimum atomic E-state index is -3.08. The van der Waals surface area contributed by atoms with Crippen LogP contribution in [-0.4, -0.2) is 52.5 Å². The Labute approximate surface area is 205 Å². The van der Waals surface area contributed by atoms with E-state index < -0.39 is 12.6 Å². The van der Waals surface area contributed by atoms with Gasteiger partial charge in [-0.05, 0) is 49.9 Å². The standard InChI is InChI=1S/C23H29F2N5O3.C2H6/c1-14(2)20-19(6-5-11-26-20)30(17-9-12-29(13-10-17)16(4)31)23(32)28-18-8-7-15(3)27-21(18)33-22(24)25;1-2/h5-8,11,14,17,22H,9-10,12-13H2,1-4H3,(H,28,32);1-2H3. The summed E-state index contributed by atoms with van der Waals surface area (Å²) in [4.78, 5) is 37.2. The maximum atomic E-state index is 13.6. The molecule has 0 aliphatic carbocycles. The highest BCUT2D eigenvalue weighted by Gasteiger charge is 2.32. The van der Waals surface area contributed by atoms with Gasteiger partial charge in [0.15, 0.2) is 0 Å². The Bertz CT molecular complexity index is 995. The largest absolute Gasteiger partial charge is 0.415 e. The van der Waals surface area contributed by atoms with Crippen LogP contribution < -0.4 is 15.0 Å². The van der Waals surface area contributed by atoms with E-state index in [0.717, 1.165) is 5.69 Å². The maximum absolute atomic E-state index is 13.6. The zero-order valence-electron chi connectivity index (χ0n) is 21.2. The fourth-order valence-electron chi connectivity index (χ4n) is 3.95. The van der Waals surface area contributed by atoms with Gasteiger partial charge in [0.1, 0.15) is 5.69 Å². The number of piperidine rings is 1. The van der Waals surface area contributed by atoms with Crippen molar-refractivity contribution in [1.82, 2.24) is 14.9 Å². The number of amides is 3. The van der Waals surface area contributed by atoms with E-state index in [9.17, 15) is 18.4 Å². The van der Waals surface area contributed by atoms with E-state index in [4.69, 9.17) is 0 Å². The third-order valence-corrected chi connectivity index (χ3v) is 5.56. The lowest BCUT2D eigenvalue weighted by Crippen LogP contribution is -2.50. The highest BCUT2D eigenvalue weighted by molar-refractivity contribution is 6.03. The van der Waals surface area contributed by atoms with Gasteiger partial charge in [0.05, 0.1) is 11.4 Å². The average molecular weight is 492 g/mol. The number of nitrogens with one attached hydrogen (secondary N) is 1. The Morgan fingerprint density at radius 2 is 1.83 bits per heavy atom. The first kappa shape index (κ1) is 27.9. The lowest BCUT2D eigenvalue weighted by molar-refractivity contribution is -0.129. The van der Waals surface area contributed by atoms with E-state index in [-0.39, 0.29) is 29.4 Å². The summed E-state index contributed by atoms with van der Waals surface area (Å²) < 4.78 is 30.3. The Balaban J connectivity index is 0.00000210. The lowest BCUT2D eigenvalue weighted by atomic mass is 10.00. The zero-order valence-corrected chi connectivity index (χ0v) is 21.2. The Hall–Kier alpha value is -3.30. The molecule has 1 fully saturated rings. The molecule has 3 amide bonds. The molecule has 2 aromatic rings. The van der Waals surface area contributed by atoms with Crippen LogP contribution in [0.4, 0.5) is 25.0 Å². The van der Waals surface area contributed by atoms with Gasteiger partial charge in [0, 0.05) is 37.9 Å². The van der Waals surface area contributed by atoms with Gasteiger partial charge in [0.25, 0.3) is 0 Å². The number of aryl methyl sites for hydroxylation is 1. The summed E-state index contributed by atoms with van der Waals surface area (Å²) in [5.41, 5.74) is 1.91. The number of pyridine rings is 2. The molecule has 1 aliphatic heterocycles. The fraction of sp³-hybridized carbons (Fsp3) is 0.520. The van der Waals surface area contributed by atoms with Crippen LogP contribution in [0.1, 0.15) is 64.8 Å². The molecule has 10 heteroatoms. The molecular formula is C25H35F2N5O3. The number of rotatable bonds is 6. The first-order valence-corrected chi connectivity index (χ1v) is 11.9. The number of carbonyl (C=O) groups excluding carboxylic acids is 2. The smallest absolute Gasteiger partial charge is 0.388 e. The van der Waals surface area contributed by atoms with Gasteiger partial charge >= 0.3 is 12.6 Å². The van der Waals surface area contributed by atoms with Crippen LogP contribution in [0.2, 0.25) is 0 Å². The van der Waals surface area contributed by atoms with Gasteiger partial charge in [0.2, 0.25) is 11.8 Å². The van der Waals surface area contributed by atoms with Crippen LogP contribution in [0.15, 0.2) is 30.5 Å². The van der Waals surface area contributed by atoms with E-state index in [1.54, 1.807) is 35.1 Å². The second-order valence-corrected chi connectivity index (χ2v) is 8.28. The van der Waals surface area contributed by atoms with Crippen molar-refractivity contribution >= 4 is 23.3 Å². The average Bonchev–Trinajstić information content (AvgIpc) is 2.82. The van der Waals surface area contributed by atoms with Crippen LogP contribution in [-0.2, 0) is 4.79 Å². The number of hydrogen-bond donors (Lipinski definition) is 1. The van der Waals surface area contributed by atoms with Gasteiger partial charge < -0.3 is 15.0 Å².